The molecule has 0 saturated carbocycles. The van der Waals surface area contributed by atoms with E-state index in [0.717, 1.165) is 51.1 Å². The van der Waals surface area contributed by atoms with E-state index in [0.29, 0.717) is 41.2 Å². The topological polar surface area (TPSA) is 55.8 Å². The van der Waals surface area contributed by atoms with Gasteiger partial charge in [-0.3, -0.25) is 4.79 Å². The number of halogens is 2. The van der Waals surface area contributed by atoms with Crippen molar-refractivity contribution in [1.29, 1.82) is 0 Å². The summed E-state index contributed by atoms with van der Waals surface area (Å²) >= 11 is 7.09. The van der Waals surface area contributed by atoms with Crippen LogP contribution in [-0.4, -0.2) is 29.5 Å². The lowest BCUT2D eigenvalue weighted by atomic mass is 9.94. The zero-order valence-corrected chi connectivity index (χ0v) is 25.8. The highest BCUT2D eigenvalue weighted by molar-refractivity contribution is 7.21. The van der Waals surface area contributed by atoms with E-state index >= 15 is 0 Å². The third-order valence-corrected chi connectivity index (χ3v) is 8.87. The molecule has 5 aromatic rings. The molecule has 5 rings (SSSR count). The van der Waals surface area contributed by atoms with Crippen molar-refractivity contribution in [3.63, 3.8) is 0 Å². The molecule has 0 aliphatic heterocycles. The SMILES string of the molecule is Cc1cc(F)cc(C)c1C(=O)c1sc2cc(OCc3ccccc3)ccc2c1-c1ccc(OCCCCC(O)CCl)cc1. The summed E-state index contributed by atoms with van der Waals surface area (Å²) in [5, 5.41) is 10.6. The summed E-state index contributed by atoms with van der Waals surface area (Å²) in [5.74, 6) is 1.22. The Morgan fingerprint density at radius 3 is 2.30 bits per heavy atom. The van der Waals surface area contributed by atoms with Crippen molar-refractivity contribution in [2.75, 3.05) is 12.5 Å². The number of fused-ring (bicyclic) bond motifs is 1. The minimum atomic E-state index is -0.479. The Hall–Kier alpha value is -3.71. The second kappa shape index (κ2) is 14.2. The summed E-state index contributed by atoms with van der Waals surface area (Å²) < 4.78 is 27.0. The Morgan fingerprint density at radius 2 is 1.60 bits per heavy atom. The molecule has 4 aromatic carbocycles. The van der Waals surface area contributed by atoms with Crippen LogP contribution in [0.5, 0.6) is 11.5 Å². The van der Waals surface area contributed by atoms with Crippen molar-refractivity contribution in [2.45, 2.75) is 45.8 Å². The molecule has 0 radical (unpaired) electrons. The van der Waals surface area contributed by atoms with E-state index in [1.807, 2.05) is 72.8 Å². The lowest BCUT2D eigenvalue weighted by Gasteiger charge is -2.11. The number of thiophene rings is 1. The second-order valence-electron chi connectivity index (χ2n) is 10.7. The third kappa shape index (κ3) is 7.45. The average molecular weight is 617 g/mol. The van der Waals surface area contributed by atoms with Crippen molar-refractivity contribution >= 4 is 38.8 Å². The normalized spacial score (nSPS) is 11.9. The summed E-state index contributed by atoms with van der Waals surface area (Å²) in [5.41, 5.74) is 4.55. The smallest absolute Gasteiger partial charge is 0.204 e. The minimum absolute atomic E-state index is 0.127. The van der Waals surface area contributed by atoms with E-state index in [1.54, 1.807) is 13.8 Å². The van der Waals surface area contributed by atoms with Gasteiger partial charge < -0.3 is 14.6 Å². The van der Waals surface area contributed by atoms with Crippen LogP contribution in [0.25, 0.3) is 21.2 Å². The van der Waals surface area contributed by atoms with Crippen LogP contribution in [0.4, 0.5) is 4.39 Å². The molecule has 0 fully saturated rings. The van der Waals surface area contributed by atoms with Gasteiger partial charge in [-0.05, 0) is 97.8 Å². The monoisotopic (exact) mass is 616 g/mol. The quantitative estimate of drug-likeness (QED) is 0.0814. The predicted octanol–water partition coefficient (Wildman–Crippen LogP) is 9.28. The Bertz CT molecular complexity index is 1680. The molecule has 222 valence electrons. The van der Waals surface area contributed by atoms with Gasteiger partial charge in [-0.2, -0.15) is 0 Å². The summed E-state index contributed by atoms with van der Waals surface area (Å²) in [6.07, 6.45) is 1.82. The predicted molar refractivity (Wildman–Crippen MR) is 173 cm³/mol. The molecule has 1 atom stereocenters. The van der Waals surface area contributed by atoms with Crippen molar-refractivity contribution in [1.82, 2.24) is 0 Å². The highest BCUT2D eigenvalue weighted by Gasteiger charge is 2.24. The van der Waals surface area contributed by atoms with E-state index in [1.165, 1.54) is 23.5 Å². The lowest BCUT2D eigenvalue weighted by Crippen LogP contribution is -2.08. The fraction of sp³-hybridized carbons (Fsp3) is 0.250. The Morgan fingerprint density at radius 1 is 0.907 bits per heavy atom. The number of aliphatic hydroxyl groups is 1. The first-order valence-electron chi connectivity index (χ1n) is 14.4. The zero-order chi connectivity index (χ0) is 30.3. The number of hydrogen-bond acceptors (Lipinski definition) is 5. The van der Waals surface area contributed by atoms with Gasteiger partial charge in [-0.15, -0.1) is 22.9 Å². The Labute approximate surface area is 260 Å². The number of unbranched alkanes of at least 4 members (excludes halogenated alkanes) is 1. The first-order valence-corrected chi connectivity index (χ1v) is 15.7. The first-order chi connectivity index (χ1) is 20.8. The average Bonchev–Trinajstić information content (AvgIpc) is 3.39. The van der Waals surface area contributed by atoms with Gasteiger partial charge in [0.25, 0.3) is 0 Å². The summed E-state index contributed by atoms with van der Waals surface area (Å²) in [6.45, 7) is 4.52. The molecule has 7 heteroatoms. The van der Waals surface area contributed by atoms with Gasteiger partial charge in [0.1, 0.15) is 23.9 Å². The molecule has 0 amide bonds. The number of ketones is 1. The van der Waals surface area contributed by atoms with Crippen LogP contribution in [0.2, 0.25) is 0 Å². The van der Waals surface area contributed by atoms with Gasteiger partial charge in [0.15, 0.2) is 0 Å². The van der Waals surface area contributed by atoms with Crippen LogP contribution in [0.15, 0.2) is 84.9 Å². The number of carbonyl (C=O) groups is 1. The maximum Gasteiger partial charge on any atom is 0.204 e. The van der Waals surface area contributed by atoms with Crippen molar-refractivity contribution in [3.05, 3.63) is 118 Å². The number of ether oxygens (including phenoxy) is 2. The molecule has 4 nitrogen and oxygen atoms in total. The number of aliphatic hydroxyl groups excluding tert-OH is 1. The third-order valence-electron chi connectivity index (χ3n) is 7.36. The molecule has 1 N–H and O–H groups in total. The first kappa shape index (κ1) is 30.7. The molecule has 0 aliphatic rings. The Balaban J connectivity index is 1.45. The highest BCUT2D eigenvalue weighted by atomic mass is 35.5. The van der Waals surface area contributed by atoms with Crippen LogP contribution in [0.1, 0.15) is 51.2 Å². The van der Waals surface area contributed by atoms with Crippen LogP contribution < -0.4 is 9.47 Å². The van der Waals surface area contributed by atoms with Crippen LogP contribution in [0, 0.1) is 19.7 Å². The van der Waals surface area contributed by atoms with Gasteiger partial charge in [0, 0.05) is 27.1 Å². The van der Waals surface area contributed by atoms with E-state index in [-0.39, 0.29) is 17.5 Å². The molecule has 43 heavy (non-hydrogen) atoms. The molecule has 1 unspecified atom stereocenters. The number of carbonyl (C=O) groups excluding carboxylic acids is 1. The molecule has 1 heterocycles. The summed E-state index contributed by atoms with van der Waals surface area (Å²) in [7, 11) is 0. The number of benzene rings is 4. The maximum atomic E-state index is 14.1. The van der Waals surface area contributed by atoms with Crippen molar-refractivity contribution in [3.8, 4) is 22.6 Å². The highest BCUT2D eigenvalue weighted by Crippen LogP contribution is 2.42. The van der Waals surface area contributed by atoms with Gasteiger partial charge in [-0.1, -0.05) is 42.5 Å². The van der Waals surface area contributed by atoms with Gasteiger partial charge in [0.05, 0.1) is 17.6 Å². The van der Waals surface area contributed by atoms with Crippen LogP contribution in [-0.2, 0) is 6.61 Å². The standard InChI is InChI=1S/C36H34ClFO4S/c1-23-18-27(38)19-24(2)33(23)35(40)36-34(26-11-13-29(14-12-26)41-17-7-6-10-28(39)21-37)31-16-15-30(20-32(31)43-36)42-22-25-8-4-3-5-9-25/h3-5,8-9,11-16,18-20,28,39H,6-7,10,17,21-22H2,1-2H3. The van der Waals surface area contributed by atoms with Gasteiger partial charge in [0.2, 0.25) is 5.78 Å². The summed E-state index contributed by atoms with van der Waals surface area (Å²) in [6, 6.07) is 26.5. The van der Waals surface area contributed by atoms with Gasteiger partial charge >= 0.3 is 0 Å². The molecule has 0 aliphatic carbocycles. The van der Waals surface area contributed by atoms with Crippen LogP contribution in [0.3, 0.4) is 0 Å². The van der Waals surface area contributed by atoms with E-state index in [4.69, 9.17) is 21.1 Å². The Kier molecular flexibility index (Phi) is 10.1. The lowest BCUT2D eigenvalue weighted by molar-refractivity contribution is 0.104. The van der Waals surface area contributed by atoms with E-state index < -0.39 is 6.10 Å². The van der Waals surface area contributed by atoms with Crippen molar-refractivity contribution < 1.29 is 23.8 Å². The molecule has 1 aromatic heterocycles. The molecular formula is C36H34ClFO4S. The molecule has 0 bridgehead atoms. The van der Waals surface area contributed by atoms with Gasteiger partial charge in [-0.25, -0.2) is 4.39 Å². The number of rotatable bonds is 13. The minimum Gasteiger partial charge on any atom is -0.494 e. The zero-order valence-electron chi connectivity index (χ0n) is 24.2. The molecule has 0 spiro atoms. The molecule has 0 saturated heterocycles. The number of alkyl halides is 1. The van der Waals surface area contributed by atoms with E-state index in [2.05, 4.69) is 0 Å². The summed E-state index contributed by atoms with van der Waals surface area (Å²) in [4.78, 5) is 14.7. The van der Waals surface area contributed by atoms with Crippen LogP contribution >= 0.6 is 22.9 Å². The van der Waals surface area contributed by atoms with E-state index in [9.17, 15) is 14.3 Å². The number of hydrogen-bond donors (Lipinski definition) is 1. The van der Waals surface area contributed by atoms with Crippen molar-refractivity contribution in [2.24, 2.45) is 0 Å². The fourth-order valence-electron chi connectivity index (χ4n) is 5.20. The largest absolute Gasteiger partial charge is 0.494 e. The second-order valence-corrected chi connectivity index (χ2v) is 12.0. The molecular weight excluding hydrogens is 583 g/mol. The maximum absolute atomic E-state index is 14.1. The fourth-order valence-corrected chi connectivity index (χ4v) is 6.56. The number of aryl methyl sites for hydroxylation is 2.